The molecule has 1 aromatic carbocycles. The molecule has 0 spiro atoms. The predicted molar refractivity (Wildman–Crippen MR) is 118 cm³/mol. The van der Waals surface area contributed by atoms with Crippen LogP contribution >= 0.6 is 11.6 Å². The molecule has 2 aromatic heterocycles. The van der Waals surface area contributed by atoms with Crippen LogP contribution in [0.25, 0.3) is 11.1 Å². The molecule has 1 aliphatic rings. The van der Waals surface area contributed by atoms with Crippen LogP contribution in [0.1, 0.15) is 24.5 Å². The first-order valence-corrected chi connectivity index (χ1v) is 10.4. The number of likely N-dealkylation sites (tertiary alicyclic amines) is 1. The second-order valence-electron chi connectivity index (χ2n) is 7.76. The van der Waals surface area contributed by atoms with E-state index < -0.39 is 0 Å². The minimum Gasteiger partial charge on any atom is -0.347 e. The number of hydrogen-bond donors (Lipinski definition) is 0. The molecule has 0 bridgehead atoms. The Morgan fingerprint density at radius 1 is 1.30 bits per heavy atom. The fourth-order valence-corrected chi connectivity index (χ4v) is 4.04. The molecule has 0 radical (unpaired) electrons. The van der Waals surface area contributed by atoms with Crippen LogP contribution in [0.3, 0.4) is 0 Å². The molecular formula is C22H25ClN6O. The van der Waals surface area contributed by atoms with Crippen molar-refractivity contribution < 1.29 is 4.79 Å². The highest BCUT2D eigenvalue weighted by Gasteiger charge is 2.28. The first-order valence-electron chi connectivity index (χ1n) is 10.1. The summed E-state index contributed by atoms with van der Waals surface area (Å²) < 4.78 is 1.66. The van der Waals surface area contributed by atoms with Crippen molar-refractivity contribution in [2.75, 3.05) is 32.1 Å². The highest BCUT2D eigenvalue weighted by molar-refractivity contribution is 6.30. The molecule has 1 aliphatic heterocycles. The summed E-state index contributed by atoms with van der Waals surface area (Å²) in [5, 5.41) is 4.83. The SMILES string of the molecule is CN(C)c1ncc(-c2cccc(Cl)c2)c([C@@H]2CCCN(C(=O)Cn3cccn3)C2)n1. The maximum Gasteiger partial charge on any atom is 0.244 e. The van der Waals surface area contributed by atoms with Crippen molar-refractivity contribution in [2.45, 2.75) is 25.3 Å². The Labute approximate surface area is 181 Å². The summed E-state index contributed by atoms with van der Waals surface area (Å²) in [6, 6.07) is 9.57. The number of piperidine rings is 1. The van der Waals surface area contributed by atoms with Gasteiger partial charge in [-0.25, -0.2) is 9.97 Å². The topological polar surface area (TPSA) is 67.2 Å². The van der Waals surface area contributed by atoms with E-state index in [2.05, 4.69) is 10.1 Å². The molecule has 4 rings (SSSR count). The standard InChI is InChI=1S/C22H25ClN6O/c1-27(2)22-24-13-19(16-6-3-8-18(23)12-16)21(26-22)17-7-4-10-28(14-17)20(30)15-29-11-5-9-25-29/h3,5-6,8-9,11-13,17H,4,7,10,14-15H2,1-2H3/t17-/m1/s1. The number of rotatable bonds is 5. The van der Waals surface area contributed by atoms with Gasteiger partial charge in [-0.3, -0.25) is 9.48 Å². The highest BCUT2D eigenvalue weighted by atomic mass is 35.5. The molecule has 3 aromatic rings. The predicted octanol–water partition coefficient (Wildman–Crippen LogP) is 3.47. The summed E-state index contributed by atoms with van der Waals surface area (Å²) in [7, 11) is 3.86. The Morgan fingerprint density at radius 3 is 2.90 bits per heavy atom. The minimum absolute atomic E-state index is 0.0783. The van der Waals surface area contributed by atoms with E-state index in [9.17, 15) is 4.79 Å². The normalized spacial score (nSPS) is 16.5. The summed E-state index contributed by atoms with van der Waals surface area (Å²) in [6.07, 6.45) is 7.28. The number of hydrogen-bond acceptors (Lipinski definition) is 5. The summed E-state index contributed by atoms with van der Waals surface area (Å²) in [6.45, 7) is 1.65. The molecule has 1 fully saturated rings. The van der Waals surface area contributed by atoms with Gasteiger partial charge < -0.3 is 9.80 Å². The maximum absolute atomic E-state index is 12.8. The molecule has 3 heterocycles. The molecule has 0 unspecified atom stereocenters. The van der Waals surface area contributed by atoms with Crippen LogP contribution in [0, 0.1) is 0 Å². The van der Waals surface area contributed by atoms with E-state index in [0.29, 0.717) is 17.5 Å². The van der Waals surface area contributed by atoms with Gasteiger partial charge in [0.1, 0.15) is 6.54 Å². The molecule has 1 amide bonds. The van der Waals surface area contributed by atoms with Gasteiger partial charge in [0.25, 0.3) is 0 Å². The number of benzene rings is 1. The van der Waals surface area contributed by atoms with Crippen molar-refractivity contribution in [1.82, 2.24) is 24.6 Å². The number of carbonyl (C=O) groups is 1. The van der Waals surface area contributed by atoms with Gasteiger partial charge in [0.2, 0.25) is 11.9 Å². The number of anilines is 1. The van der Waals surface area contributed by atoms with Gasteiger partial charge in [-0.2, -0.15) is 5.10 Å². The molecule has 0 saturated carbocycles. The van der Waals surface area contributed by atoms with Gasteiger partial charge in [0.05, 0.1) is 5.69 Å². The molecule has 30 heavy (non-hydrogen) atoms. The third kappa shape index (κ3) is 4.46. The zero-order valence-corrected chi connectivity index (χ0v) is 18.0. The second-order valence-corrected chi connectivity index (χ2v) is 8.19. The van der Waals surface area contributed by atoms with Crippen LogP contribution in [-0.2, 0) is 11.3 Å². The Bertz CT molecular complexity index is 1020. The monoisotopic (exact) mass is 424 g/mol. The lowest BCUT2D eigenvalue weighted by Crippen LogP contribution is -2.41. The first-order chi connectivity index (χ1) is 14.5. The molecule has 7 nitrogen and oxygen atoms in total. The van der Waals surface area contributed by atoms with Crippen LogP contribution in [0.15, 0.2) is 48.9 Å². The fraction of sp³-hybridized carbons (Fsp3) is 0.364. The van der Waals surface area contributed by atoms with Crippen LogP contribution in [0.2, 0.25) is 5.02 Å². The zero-order valence-electron chi connectivity index (χ0n) is 17.2. The third-order valence-electron chi connectivity index (χ3n) is 5.36. The number of nitrogens with zero attached hydrogens (tertiary/aromatic N) is 6. The highest BCUT2D eigenvalue weighted by Crippen LogP contribution is 2.34. The van der Waals surface area contributed by atoms with Gasteiger partial charge in [0, 0.05) is 62.3 Å². The molecule has 1 saturated heterocycles. The lowest BCUT2D eigenvalue weighted by Gasteiger charge is -2.33. The van der Waals surface area contributed by atoms with Gasteiger partial charge >= 0.3 is 0 Å². The van der Waals surface area contributed by atoms with Crippen molar-refractivity contribution in [1.29, 1.82) is 0 Å². The van der Waals surface area contributed by atoms with Crippen LogP contribution < -0.4 is 4.90 Å². The minimum atomic E-state index is 0.0783. The lowest BCUT2D eigenvalue weighted by atomic mass is 9.90. The average molecular weight is 425 g/mol. The number of amides is 1. The Hall–Kier alpha value is -2.93. The lowest BCUT2D eigenvalue weighted by molar-refractivity contribution is -0.133. The van der Waals surface area contributed by atoms with Crippen LogP contribution in [0.5, 0.6) is 0 Å². The van der Waals surface area contributed by atoms with Gasteiger partial charge in [0.15, 0.2) is 0 Å². The summed E-state index contributed by atoms with van der Waals surface area (Å²) in [5.74, 6) is 0.876. The van der Waals surface area contributed by atoms with E-state index in [1.807, 2.05) is 66.6 Å². The van der Waals surface area contributed by atoms with E-state index in [1.54, 1.807) is 10.9 Å². The maximum atomic E-state index is 12.8. The van der Waals surface area contributed by atoms with Gasteiger partial charge in [-0.1, -0.05) is 23.7 Å². The largest absolute Gasteiger partial charge is 0.347 e. The van der Waals surface area contributed by atoms with E-state index in [0.717, 1.165) is 36.2 Å². The number of carbonyl (C=O) groups excluding carboxylic acids is 1. The van der Waals surface area contributed by atoms with Crippen molar-refractivity contribution >= 4 is 23.5 Å². The van der Waals surface area contributed by atoms with E-state index in [1.165, 1.54) is 0 Å². The Kier molecular flexibility index (Phi) is 5.99. The fourth-order valence-electron chi connectivity index (χ4n) is 3.85. The molecule has 0 N–H and O–H groups in total. The third-order valence-corrected chi connectivity index (χ3v) is 5.59. The molecular weight excluding hydrogens is 400 g/mol. The van der Waals surface area contributed by atoms with Crippen molar-refractivity contribution in [3.8, 4) is 11.1 Å². The quantitative estimate of drug-likeness (QED) is 0.627. The molecule has 8 heteroatoms. The Morgan fingerprint density at radius 2 is 2.17 bits per heavy atom. The Balaban J connectivity index is 1.64. The van der Waals surface area contributed by atoms with Crippen LogP contribution in [-0.4, -0.2) is 57.7 Å². The molecule has 1 atom stereocenters. The summed E-state index contributed by atoms with van der Waals surface area (Å²) >= 11 is 6.24. The van der Waals surface area contributed by atoms with Crippen molar-refractivity contribution in [3.63, 3.8) is 0 Å². The summed E-state index contributed by atoms with van der Waals surface area (Å²) in [5.41, 5.74) is 2.92. The summed E-state index contributed by atoms with van der Waals surface area (Å²) in [4.78, 5) is 26.1. The zero-order chi connectivity index (χ0) is 21.1. The van der Waals surface area contributed by atoms with Gasteiger partial charge in [-0.15, -0.1) is 0 Å². The number of halogens is 1. The molecule has 0 aliphatic carbocycles. The van der Waals surface area contributed by atoms with Gasteiger partial charge in [-0.05, 0) is 36.6 Å². The van der Waals surface area contributed by atoms with E-state index >= 15 is 0 Å². The van der Waals surface area contributed by atoms with Crippen LogP contribution in [0.4, 0.5) is 5.95 Å². The van der Waals surface area contributed by atoms with Crippen molar-refractivity contribution in [2.24, 2.45) is 0 Å². The first kappa shape index (κ1) is 20.3. The van der Waals surface area contributed by atoms with Crippen molar-refractivity contribution in [3.05, 3.63) is 59.6 Å². The second kappa shape index (κ2) is 8.83. The average Bonchev–Trinajstić information content (AvgIpc) is 3.26. The molecule has 156 valence electrons. The smallest absolute Gasteiger partial charge is 0.244 e. The van der Waals surface area contributed by atoms with E-state index in [4.69, 9.17) is 16.6 Å². The number of aromatic nitrogens is 4. The van der Waals surface area contributed by atoms with E-state index in [-0.39, 0.29) is 18.4 Å².